The highest BCUT2D eigenvalue weighted by molar-refractivity contribution is 7.99. The summed E-state index contributed by atoms with van der Waals surface area (Å²) in [5, 5.41) is 11.6. The Kier molecular flexibility index (Phi) is 5.33. The van der Waals surface area contributed by atoms with Gasteiger partial charge in [-0.1, -0.05) is 30.0 Å². The molecule has 6 nitrogen and oxygen atoms in total. The second-order valence-corrected chi connectivity index (χ2v) is 8.88. The summed E-state index contributed by atoms with van der Waals surface area (Å²) in [6, 6.07) is 15.9. The van der Waals surface area contributed by atoms with E-state index in [1.807, 2.05) is 51.9 Å². The van der Waals surface area contributed by atoms with E-state index in [0.717, 1.165) is 24.2 Å². The van der Waals surface area contributed by atoms with Crippen molar-refractivity contribution in [3.8, 4) is 17.1 Å². The molecule has 0 aliphatic carbocycles. The van der Waals surface area contributed by atoms with Crippen molar-refractivity contribution in [3.63, 3.8) is 0 Å². The molecule has 8 heteroatoms. The van der Waals surface area contributed by atoms with Crippen LogP contribution in [0.5, 0.6) is 0 Å². The molecule has 5 rings (SSSR count). The summed E-state index contributed by atoms with van der Waals surface area (Å²) >= 11 is 3.20. The lowest BCUT2D eigenvalue weighted by Crippen LogP contribution is -2.36. The second kappa shape index (κ2) is 8.41. The number of carbonyl (C=O) groups is 1. The minimum Gasteiger partial charge on any atom is -0.337 e. The summed E-state index contributed by atoms with van der Waals surface area (Å²) in [6.07, 6.45) is 4.45. The molecule has 0 bridgehead atoms. The summed E-state index contributed by atoms with van der Waals surface area (Å²) in [5.74, 6) is 1.17. The van der Waals surface area contributed by atoms with Crippen LogP contribution >= 0.6 is 23.1 Å². The molecule has 3 aromatic heterocycles. The lowest BCUT2D eigenvalue weighted by molar-refractivity contribution is -0.129. The van der Waals surface area contributed by atoms with Crippen LogP contribution in [0, 0.1) is 0 Å². The largest absolute Gasteiger partial charge is 0.337 e. The topological polar surface area (TPSA) is 63.9 Å². The zero-order valence-corrected chi connectivity index (χ0v) is 17.8. The number of rotatable bonds is 5. The molecule has 0 atom stereocenters. The van der Waals surface area contributed by atoms with E-state index in [4.69, 9.17) is 0 Å². The fraction of sp³-hybridized carbons (Fsp3) is 0.182. The number of hydrogen-bond acceptors (Lipinski definition) is 6. The Hall–Kier alpha value is -2.97. The number of amides is 1. The van der Waals surface area contributed by atoms with Gasteiger partial charge in [0.15, 0.2) is 11.0 Å². The highest BCUT2D eigenvalue weighted by Gasteiger charge is 2.23. The molecule has 0 spiro atoms. The predicted molar refractivity (Wildman–Crippen MR) is 119 cm³/mol. The Labute approximate surface area is 182 Å². The number of aromatic nitrogens is 4. The minimum absolute atomic E-state index is 0.127. The van der Waals surface area contributed by atoms with Crippen molar-refractivity contribution in [3.05, 3.63) is 76.7 Å². The number of fused-ring (bicyclic) bond motifs is 1. The maximum atomic E-state index is 12.9. The molecule has 0 unspecified atom stereocenters. The Bertz CT molecular complexity index is 1160. The summed E-state index contributed by atoms with van der Waals surface area (Å²) in [4.78, 5) is 20.4. The van der Waals surface area contributed by atoms with E-state index in [1.54, 1.807) is 23.7 Å². The van der Waals surface area contributed by atoms with Gasteiger partial charge < -0.3 is 4.90 Å². The van der Waals surface area contributed by atoms with Crippen molar-refractivity contribution in [2.45, 2.75) is 18.1 Å². The number of benzene rings is 1. The van der Waals surface area contributed by atoms with Gasteiger partial charge in [-0.15, -0.1) is 21.5 Å². The highest BCUT2D eigenvalue weighted by atomic mass is 32.2. The Balaban J connectivity index is 1.38. The molecule has 1 aliphatic rings. The maximum absolute atomic E-state index is 12.9. The Morgan fingerprint density at radius 1 is 1.10 bits per heavy atom. The normalized spacial score (nSPS) is 13.3. The van der Waals surface area contributed by atoms with Crippen molar-refractivity contribution in [2.24, 2.45) is 0 Å². The molecule has 1 amide bonds. The molecule has 30 heavy (non-hydrogen) atoms. The average Bonchev–Trinajstić information content (AvgIpc) is 3.45. The van der Waals surface area contributed by atoms with Crippen molar-refractivity contribution in [2.75, 3.05) is 12.3 Å². The van der Waals surface area contributed by atoms with E-state index in [-0.39, 0.29) is 5.91 Å². The van der Waals surface area contributed by atoms with Gasteiger partial charge >= 0.3 is 0 Å². The molecule has 0 saturated carbocycles. The van der Waals surface area contributed by atoms with Gasteiger partial charge in [0, 0.05) is 41.6 Å². The average molecular weight is 434 g/mol. The molecule has 150 valence electrons. The van der Waals surface area contributed by atoms with Crippen molar-refractivity contribution >= 4 is 29.0 Å². The van der Waals surface area contributed by atoms with Gasteiger partial charge in [0.1, 0.15) is 0 Å². The van der Waals surface area contributed by atoms with Crippen LogP contribution in [0.15, 0.2) is 71.5 Å². The van der Waals surface area contributed by atoms with Crippen molar-refractivity contribution < 1.29 is 4.79 Å². The Morgan fingerprint density at radius 2 is 2.00 bits per heavy atom. The second-order valence-electron chi connectivity index (χ2n) is 6.94. The monoisotopic (exact) mass is 433 g/mol. The SMILES string of the molecule is O=C(CSc1nnc(-c2cccnc2)n1-c1ccccc1)N1CCc2sccc2C1. The number of pyridine rings is 1. The Morgan fingerprint density at radius 3 is 2.83 bits per heavy atom. The molecule has 4 heterocycles. The molecule has 1 aromatic carbocycles. The third-order valence-corrected chi connectivity index (χ3v) is 6.99. The van der Waals surface area contributed by atoms with Gasteiger partial charge in [0.25, 0.3) is 0 Å². The molecule has 0 saturated heterocycles. The van der Waals surface area contributed by atoms with E-state index in [0.29, 0.717) is 23.3 Å². The van der Waals surface area contributed by atoms with Crippen LogP contribution in [0.4, 0.5) is 0 Å². The fourth-order valence-electron chi connectivity index (χ4n) is 3.53. The van der Waals surface area contributed by atoms with E-state index in [1.165, 1.54) is 22.2 Å². The van der Waals surface area contributed by atoms with Crippen LogP contribution in [-0.2, 0) is 17.8 Å². The summed E-state index contributed by atoms with van der Waals surface area (Å²) in [7, 11) is 0. The number of nitrogens with zero attached hydrogens (tertiary/aromatic N) is 5. The summed E-state index contributed by atoms with van der Waals surface area (Å²) < 4.78 is 1.99. The van der Waals surface area contributed by atoms with Crippen molar-refractivity contribution in [1.82, 2.24) is 24.6 Å². The van der Waals surface area contributed by atoms with Gasteiger partial charge in [0.2, 0.25) is 5.91 Å². The summed E-state index contributed by atoms with van der Waals surface area (Å²) in [6.45, 7) is 1.48. The maximum Gasteiger partial charge on any atom is 0.233 e. The lowest BCUT2D eigenvalue weighted by Gasteiger charge is -2.26. The zero-order chi connectivity index (χ0) is 20.3. The van der Waals surface area contributed by atoms with Gasteiger partial charge in [-0.2, -0.15) is 0 Å². The molecule has 0 fully saturated rings. The van der Waals surface area contributed by atoms with Gasteiger partial charge in [-0.3, -0.25) is 14.3 Å². The van der Waals surface area contributed by atoms with E-state index >= 15 is 0 Å². The lowest BCUT2D eigenvalue weighted by atomic mass is 10.1. The van der Waals surface area contributed by atoms with E-state index in [2.05, 4.69) is 26.6 Å². The van der Waals surface area contributed by atoms with Crippen LogP contribution in [0.3, 0.4) is 0 Å². The summed E-state index contributed by atoms with van der Waals surface area (Å²) in [5.41, 5.74) is 3.11. The van der Waals surface area contributed by atoms with Gasteiger partial charge in [0.05, 0.1) is 5.75 Å². The first-order chi connectivity index (χ1) is 14.8. The number of hydrogen-bond donors (Lipinski definition) is 0. The number of para-hydroxylation sites is 1. The molecular formula is C22H19N5OS2. The molecule has 4 aromatic rings. The van der Waals surface area contributed by atoms with Crippen LogP contribution < -0.4 is 0 Å². The van der Waals surface area contributed by atoms with E-state index < -0.39 is 0 Å². The molecule has 0 N–H and O–H groups in total. The molecule has 1 aliphatic heterocycles. The van der Waals surface area contributed by atoms with Crippen LogP contribution in [0.1, 0.15) is 10.4 Å². The first-order valence-electron chi connectivity index (χ1n) is 9.66. The van der Waals surface area contributed by atoms with Gasteiger partial charge in [-0.05, 0) is 47.7 Å². The van der Waals surface area contributed by atoms with Crippen LogP contribution in [0.2, 0.25) is 0 Å². The molecular weight excluding hydrogens is 414 g/mol. The third kappa shape index (κ3) is 3.76. The smallest absolute Gasteiger partial charge is 0.233 e. The quantitative estimate of drug-likeness (QED) is 0.444. The fourth-order valence-corrected chi connectivity index (χ4v) is 5.28. The highest BCUT2D eigenvalue weighted by Crippen LogP contribution is 2.29. The van der Waals surface area contributed by atoms with Crippen molar-refractivity contribution in [1.29, 1.82) is 0 Å². The number of thioether (sulfide) groups is 1. The van der Waals surface area contributed by atoms with Crippen LogP contribution in [0.25, 0.3) is 17.1 Å². The zero-order valence-electron chi connectivity index (χ0n) is 16.1. The molecule has 0 radical (unpaired) electrons. The predicted octanol–water partition coefficient (Wildman–Crippen LogP) is 4.07. The van der Waals surface area contributed by atoms with Crippen LogP contribution in [-0.4, -0.2) is 42.9 Å². The number of thiophene rings is 1. The standard InChI is InChI=1S/C22H19N5OS2/c28-20(26-11-8-19-17(14-26)9-12-29-19)15-30-22-25-24-21(16-5-4-10-23-13-16)27(22)18-6-2-1-3-7-18/h1-7,9-10,12-13H,8,11,14-15H2. The first-order valence-corrected chi connectivity index (χ1v) is 11.5. The van der Waals surface area contributed by atoms with Gasteiger partial charge in [-0.25, -0.2) is 0 Å². The number of carbonyl (C=O) groups excluding carboxylic acids is 1. The van der Waals surface area contributed by atoms with E-state index in [9.17, 15) is 4.79 Å². The minimum atomic E-state index is 0.127. The first kappa shape index (κ1) is 19.0. The third-order valence-electron chi connectivity index (χ3n) is 5.05.